The summed E-state index contributed by atoms with van der Waals surface area (Å²) in [5.41, 5.74) is 1.49. The lowest BCUT2D eigenvalue weighted by Crippen LogP contribution is -2.46. The largest absolute Gasteiger partial charge is 0.381 e. The Hall–Kier alpha value is -1.78. The Kier molecular flexibility index (Phi) is 12.0. The maximum atomic E-state index is 13.7. The van der Waals surface area contributed by atoms with E-state index in [-0.39, 0.29) is 35.9 Å². The van der Waals surface area contributed by atoms with Crippen molar-refractivity contribution < 1.29 is 19.1 Å². The van der Waals surface area contributed by atoms with E-state index < -0.39 is 5.92 Å². The molecule has 0 aliphatic carbocycles. The van der Waals surface area contributed by atoms with Gasteiger partial charge in [-0.05, 0) is 43.4 Å². The molecule has 2 aliphatic heterocycles. The van der Waals surface area contributed by atoms with E-state index >= 15 is 0 Å². The van der Waals surface area contributed by atoms with E-state index in [4.69, 9.17) is 21.3 Å². The van der Waals surface area contributed by atoms with E-state index in [1.54, 1.807) is 6.07 Å². The van der Waals surface area contributed by atoms with Crippen LogP contribution in [-0.4, -0.2) is 77.8 Å². The van der Waals surface area contributed by atoms with Crippen molar-refractivity contribution in [1.82, 2.24) is 15.2 Å². The standard InChI is InChI=1S/C30H40ClN3O4S2/c1-3-24(35)16-22(17-29-32-26-5-4-23(31)18-28(26)40-29)30(37)33-25(21-8-12-38-13-9-21)6-7-27(36)20(2)19-34-10-14-39-15-11-34/h4-5,18,21-22,25H,2-3,6-17,19H2,1H3,(H,33,37)/t22-,25+/m0/s1. The second-order valence-electron chi connectivity index (χ2n) is 10.7. The molecule has 2 saturated heterocycles. The number of nitrogens with zero attached hydrogens (tertiary/aromatic N) is 2. The SMILES string of the molecule is C=C(CN1CCSCC1)C(=O)CC[C@@H](NC(=O)[C@@H](CC(=O)CC)Cc1nc2ccc(Cl)cc2s1)C1CCOCC1. The minimum Gasteiger partial charge on any atom is -0.381 e. The summed E-state index contributed by atoms with van der Waals surface area (Å²) in [7, 11) is 0. The van der Waals surface area contributed by atoms with Gasteiger partial charge in [-0.25, -0.2) is 4.98 Å². The number of halogens is 1. The Balaban J connectivity index is 1.42. The number of hydrogen-bond acceptors (Lipinski definition) is 8. The first-order chi connectivity index (χ1) is 19.3. The highest BCUT2D eigenvalue weighted by atomic mass is 35.5. The highest BCUT2D eigenvalue weighted by Gasteiger charge is 2.30. The molecule has 2 atom stereocenters. The third-order valence-electron chi connectivity index (χ3n) is 7.81. The van der Waals surface area contributed by atoms with Crippen molar-refractivity contribution in [3.05, 3.63) is 40.4 Å². The summed E-state index contributed by atoms with van der Waals surface area (Å²) in [4.78, 5) is 46.2. The van der Waals surface area contributed by atoms with E-state index in [1.807, 2.05) is 30.8 Å². The molecule has 2 aromatic rings. The van der Waals surface area contributed by atoms with Crippen LogP contribution in [0.5, 0.6) is 0 Å². The molecule has 0 bridgehead atoms. The van der Waals surface area contributed by atoms with Crippen LogP contribution >= 0.6 is 34.7 Å². The van der Waals surface area contributed by atoms with E-state index in [1.165, 1.54) is 11.3 Å². The number of thioether (sulfide) groups is 1. The number of thiazole rings is 1. The van der Waals surface area contributed by atoms with Crippen LogP contribution < -0.4 is 5.32 Å². The zero-order valence-corrected chi connectivity index (χ0v) is 25.7. The van der Waals surface area contributed by atoms with Gasteiger partial charge in [0, 0.05) is 86.7 Å². The van der Waals surface area contributed by atoms with Gasteiger partial charge in [-0.15, -0.1) is 11.3 Å². The van der Waals surface area contributed by atoms with Crippen molar-refractivity contribution in [2.75, 3.05) is 44.4 Å². The minimum absolute atomic E-state index is 0.0505. The van der Waals surface area contributed by atoms with Gasteiger partial charge in [-0.1, -0.05) is 25.1 Å². The summed E-state index contributed by atoms with van der Waals surface area (Å²) < 4.78 is 6.54. The second-order valence-corrected chi connectivity index (χ2v) is 13.5. The number of nitrogens with one attached hydrogen (secondary N) is 1. The molecule has 218 valence electrons. The average Bonchev–Trinajstić information content (AvgIpc) is 3.36. The number of aromatic nitrogens is 1. The number of hydrogen-bond donors (Lipinski definition) is 1. The fraction of sp³-hybridized carbons (Fsp3) is 0.600. The highest BCUT2D eigenvalue weighted by Crippen LogP contribution is 2.29. The predicted molar refractivity (Wildman–Crippen MR) is 164 cm³/mol. The summed E-state index contributed by atoms with van der Waals surface area (Å²) in [6, 6.07) is 5.40. The van der Waals surface area contributed by atoms with Crippen molar-refractivity contribution >= 4 is 62.4 Å². The van der Waals surface area contributed by atoms with Gasteiger partial charge in [-0.3, -0.25) is 19.3 Å². The predicted octanol–water partition coefficient (Wildman–Crippen LogP) is 5.34. The molecule has 0 saturated carbocycles. The summed E-state index contributed by atoms with van der Waals surface area (Å²) in [6.45, 7) is 9.79. The number of carbonyl (C=O) groups excluding carboxylic acids is 3. The molecule has 3 heterocycles. The normalized spacial score (nSPS) is 18.4. The molecule has 1 aromatic carbocycles. The molecule has 2 aliphatic rings. The summed E-state index contributed by atoms with van der Waals surface area (Å²) in [5.74, 6) is 1.86. The lowest BCUT2D eigenvalue weighted by atomic mass is 9.87. The van der Waals surface area contributed by atoms with Crippen LogP contribution in [0.25, 0.3) is 10.2 Å². The molecule has 10 heteroatoms. The maximum Gasteiger partial charge on any atom is 0.224 e. The van der Waals surface area contributed by atoms with Crippen LogP contribution in [0.4, 0.5) is 0 Å². The van der Waals surface area contributed by atoms with Crippen molar-refractivity contribution in [2.24, 2.45) is 11.8 Å². The van der Waals surface area contributed by atoms with Crippen LogP contribution in [0.1, 0.15) is 50.5 Å². The summed E-state index contributed by atoms with van der Waals surface area (Å²) in [6.07, 6.45) is 3.52. The van der Waals surface area contributed by atoms with Gasteiger partial charge >= 0.3 is 0 Å². The van der Waals surface area contributed by atoms with Gasteiger partial charge in [0.1, 0.15) is 5.78 Å². The second kappa shape index (κ2) is 15.4. The van der Waals surface area contributed by atoms with E-state index in [2.05, 4.69) is 16.8 Å². The van der Waals surface area contributed by atoms with Gasteiger partial charge in [0.2, 0.25) is 5.91 Å². The van der Waals surface area contributed by atoms with Crippen LogP contribution in [0.3, 0.4) is 0 Å². The number of ether oxygens (including phenoxy) is 1. The van der Waals surface area contributed by atoms with E-state index in [0.29, 0.717) is 56.0 Å². The zero-order chi connectivity index (χ0) is 28.5. The number of rotatable bonds is 14. The maximum absolute atomic E-state index is 13.7. The lowest BCUT2D eigenvalue weighted by molar-refractivity contribution is -0.130. The smallest absolute Gasteiger partial charge is 0.224 e. The third kappa shape index (κ3) is 9.11. The Bertz CT molecular complexity index is 1190. The van der Waals surface area contributed by atoms with Crippen molar-refractivity contribution in [3.63, 3.8) is 0 Å². The lowest BCUT2D eigenvalue weighted by Gasteiger charge is -2.32. The van der Waals surface area contributed by atoms with E-state index in [9.17, 15) is 14.4 Å². The van der Waals surface area contributed by atoms with Gasteiger partial charge < -0.3 is 10.1 Å². The molecule has 7 nitrogen and oxygen atoms in total. The number of ketones is 2. The molecule has 0 unspecified atom stereocenters. The number of fused-ring (bicyclic) bond motifs is 1. The summed E-state index contributed by atoms with van der Waals surface area (Å²) in [5, 5.41) is 4.72. The molecule has 1 N–H and O–H groups in total. The Morgan fingerprint density at radius 3 is 2.70 bits per heavy atom. The monoisotopic (exact) mass is 605 g/mol. The van der Waals surface area contributed by atoms with Gasteiger partial charge in [-0.2, -0.15) is 11.8 Å². The van der Waals surface area contributed by atoms with Gasteiger partial charge in [0.25, 0.3) is 0 Å². The minimum atomic E-state index is -0.520. The molecule has 2 fully saturated rings. The number of carbonyl (C=O) groups is 3. The molecule has 0 spiro atoms. The topological polar surface area (TPSA) is 88.6 Å². The van der Waals surface area contributed by atoms with Crippen LogP contribution in [0.15, 0.2) is 30.4 Å². The van der Waals surface area contributed by atoms with Crippen LogP contribution in [0, 0.1) is 11.8 Å². The third-order valence-corrected chi connectivity index (χ3v) is 10.0. The fourth-order valence-corrected chi connectivity index (χ4v) is 7.65. The molecule has 40 heavy (non-hydrogen) atoms. The van der Waals surface area contributed by atoms with E-state index in [0.717, 1.165) is 52.7 Å². The Labute approximate surface area is 250 Å². The Morgan fingerprint density at radius 2 is 1.98 bits per heavy atom. The van der Waals surface area contributed by atoms with Crippen molar-refractivity contribution in [2.45, 2.75) is 57.9 Å². The first kappa shape index (κ1) is 31.2. The number of Topliss-reactive ketones (excluding diaryl/α,β-unsaturated/α-hetero) is 2. The average molecular weight is 606 g/mol. The van der Waals surface area contributed by atoms with Gasteiger partial charge in [0.15, 0.2) is 5.78 Å². The molecule has 0 radical (unpaired) electrons. The molecular formula is C30H40ClN3O4S2. The van der Waals surface area contributed by atoms with Crippen LogP contribution in [-0.2, 0) is 25.5 Å². The fourth-order valence-electron chi connectivity index (χ4n) is 5.35. The van der Waals surface area contributed by atoms with Crippen LogP contribution in [0.2, 0.25) is 5.02 Å². The molecule has 4 rings (SSSR count). The molecule has 1 aromatic heterocycles. The molecular weight excluding hydrogens is 566 g/mol. The summed E-state index contributed by atoms with van der Waals surface area (Å²) >= 11 is 9.60. The molecule has 1 amide bonds. The first-order valence-electron chi connectivity index (χ1n) is 14.3. The van der Waals surface area contributed by atoms with Crippen molar-refractivity contribution in [3.8, 4) is 0 Å². The van der Waals surface area contributed by atoms with Crippen molar-refractivity contribution in [1.29, 1.82) is 0 Å². The highest BCUT2D eigenvalue weighted by molar-refractivity contribution is 7.99. The number of amides is 1. The number of benzene rings is 1. The Morgan fingerprint density at radius 1 is 1.23 bits per heavy atom. The van der Waals surface area contributed by atoms with Gasteiger partial charge in [0.05, 0.1) is 21.1 Å². The quantitative estimate of drug-likeness (QED) is 0.291. The zero-order valence-electron chi connectivity index (χ0n) is 23.3. The first-order valence-corrected chi connectivity index (χ1v) is 16.6.